The molecule has 23 heavy (non-hydrogen) atoms. The molecule has 0 aliphatic carbocycles. The van der Waals surface area contributed by atoms with Gasteiger partial charge in [-0.2, -0.15) is 0 Å². The van der Waals surface area contributed by atoms with Crippen LogP contribution in [-0.4, -0.2) is 8.42 Å². The number of hydrogen-bond donors (Lipinski definition) is 1. The Morgan fingerprint density at radius 2 is 1.52 bits per heavy atom. The number of rotatable bonds is 2. The second-order valence-corrected chi connectivity index (χ2v) is 6.33. The maximum absolute atomic E-state index is 14.0. The predicted octanol–water partition coefficient (Wildman–Crippen LogP) is 3.43. The molecule has 0 heterocycles. The summed E-state index contributed by atoms with van der Waals surface area (Å²) in [5.74, 6) is -1.58. The fourth-order valence-corrected chi connectivity index (χ4v) is 3.45. The first-order chi connectivity index (χ1) is 10.4. The van der Waals surface area contributed by atoms with E-state index in [0.717, 1.165) is 6.07 Å². The quantitative estimate of drug-likeness (QED) is 0.706. The zero-order valence-electron chi connectivity index (χ0n) is 11.8. The number of halogens is 2. The van der Waals surface area contributed by atoms with Crippen molar-refractivity contribution in [3.8, 4) is 11.1 Å². The molecule has 0 spiro atoms. The molecule has 3 rings (SSSR count). The van der Waals surface area contributed by atoms with Crippen molar-refractivity contribution >= 4 is 20.8 Å². The Morgan fingerprint density at radius 1 is 0.870 bits per heavy atom. The first-order valence-electron chi connectivity index (χ1n) is 6.38. The second-order valence-electron chi connectivity index (χ2n) is 4.83. The molecule has 0 atom stereocenters. The SMILES string of the molecule is NS(=O)(=O)c1c(-c2ccc(F)cc2F)ccc2ccccc12.[Ti]. The Hall–Kier alpha value is -1.60. The number of benzene rings is 3. The minimum atomic E-state index is -4.10. The Morgan fingerprint density at radius 3 is 2.17 bits per heavy atom. The van der Waals surface area contributed by atoms with Crippen LogP contribution in [0.4, 0.5) is 8.78 Å². The monoisotopic (exact) mass is 367 g/mol. The molecule has 0 saturated carbocycles. The van der Waals surface area contributed by atoms with Crippen LogP contribution in [0.1, 0.15) is 0 Å². The van der Waals surface area contributed by atoms with Crippen molar-refractivity contribution in [3.63, 3.8) is 0 Å². The standard InChI is InChI=1S/C16H11F2NO2S.Ti/c17-11-6-8-13(15(18)9-11)14-7-5-10-3-1-2-4-12(10)16(14)22(19,20)21;/h1-9H,(H2,19,20,21);. The fraction of sp³-hybridized carbons (Fsp3) is 0. The Kier molecular flexibility index (Phi) is 5.01. The van der Waals surface area contributed by atoms with Gasteiger partial charge >= 0.3 is 0 Å². The van der Waals surface area contributed by atoms with Crippen LogP contribution in [0.3, 0.4) is 0 Å². The van der Waals surface area contributed by atoms with Crippen LogP contribution in [0.25, 0.3) is 21.9 Å². The summed E-state index contributed by atoms with van der Waals surface area (Å²) in [6, 6.07) is 12.9. The average molecular weight is 367 g/mol. The van der Waals surface area contributed by atoms with E-state index < -0.39 is 21.7 Å². The van der Waals surface area contributed by atoms with Gasteiger partial charge in [0.25, 0.3) is 0 Å². The van der Waals surface area contributed by atoms with Crippen molar-refractivity contribution in [2.75, 3.05) is 0 Å². The Balaban J connectivity index is 0.00000192. The zero-order valence-corrected chi connectivity index (χ0v) is 14.1. The summed E-state index contributed by atoms with van der Waals surface area (Å²) in [7, 11) is -4.10. The van der Waals surface area contributed by atoms with Crippen LogP contribution < -0.4 is 5.14 Å². The van der Waals surface area contributed by atoms with Crippen molar-refractivity contribution in [1.82, 2.24) is 0 Å². The van der Waals surface area contributed by atoms with Crippen molar-refractivity contribution < 1.29 is 38.9 Å². The topological polar surface area (TPSA) is 60.2 Å². The number of sulfonamides is 1. The van der Waals surface area contributed by atoms with Gasteiger partial charge < -0.3 is 0 Å². The van der Waals surface area contributed by atoms with E-state index in [1.54, 1.807) is 30.3 Å². The molecular formula is C16H11F2NO2STi. The van der Waals surface area contributed by atoms with Gasteiger partial charge in [-0.25, -0.2) is 22.3 Å². The molecule has 0 aliphatic rings. The van der Waals surface area contributed by atoms with Gasteiger partial charge in [0, 0.05) is 44.3 Å². The van der Waals surface area contributed by atoms with E-state index in [4.69, 9.17) is 5.14 Å². The molecule has 0 amide bonds. The van der Waals surface area contributed by atoms with Crippen LogP contribution in [0.2, 0.25) is 0 Å². The molecule has 0 unspecified atom stereocenters. The normalized spacial score (nSPS) is 11.3. The molecule has 0 bridgehead atoms. The molecular weight excluding hydrogens is 356 g/mol. The number of fused-ring (bicyclic) bond motifs is 1. The van der Waals surface area contributed by atoms with Crippen LogP contribution in [-0.2, 0) is 31.7 Å². The second kappa shape index (κ2) is 6.49. The third kappa shape index (κ3) is 3.35. The summed E-state index contributed by atoms with van der Waals surface area (Å²) in [5, 5.41) is 6.38. The summed E-state index contributed by atoms with van der Waals surface area (Å²) < 4.78 is 51.1. The summed E-state index contributed by atoms with van der Waals surface area (Å²) >= 11 is 0. The molecule has 2 N–H and O–H groups in total. The molecule has 7 heteroatoms. The van der Waals surface area contributed by atoms with Gasteiger partial charge in [0.05, 0.1) is 4.90 Å². The predicted molar refractivity (Wildman–Crippen MR) is 80.7 cm³/mol. The molecule has 3 nitrogen and oxygen atoms in total. The molecule has 0 fully saturated rings. The molecule has 0 aromatic heterocycles. The van der Waals surface area contributed by atoms with E-state index in [9.17, 15) is 17.2 Å². The van der Waals surface area contributed by atoms with Crippen LogP contribution >= 0.6 is 0 Å². The van der Waals surface area contributed by atoms with E-state index in [1.165, 1.54) is 12.1 Å². The van der Waals surface area contributed by atoms with Gasteiger partial charge in [-0.1, -0.05) is 36.4 Å². The molecule has 3 aromatic rings. The average Bonchev–Trinajstić information content (AvgIpc) is 2.45. The van der Waals surface area contributed by atoms with Crippen LogP contribution in [0.15, 0.2) is 59.5 Å². The van der Waals surface area contributed by atoms with Crippen molar-refractivity contribution in [1.29, 1.82) is 0 Å². The van der Waals surface area contributed by atoms with E-state index >= 15 is 0 Å². The summed E-state index contributed by atoms with van der Waals surface area (Å²) in [6.07, 6.45) is 0. The minimum absolute atomic E-state index is 0. The largest absolute Gasteiger partial charge is 0.239 e. The van der Waals surface area contributed by atoms with E-state index in [1.807, 2.05) is 0 Å². The summed E-state index contributed by atoms with van der Waals surface area (Å²) in [4.78, 5) is -0.170. The third-order valence-corrected chi connectivity index (χ3v) is 4.39. The summed E-state index contributed by atoms with van der Waals surface area (Å²) in [5.41, 5.74) is 0.0925. The van der Waals surface area contributed by atoms with E-state index in [-0.39, 0.29) is 37.7 Å². The number of nitrogens with two attached hydrogens (primary N) is 1. The maximum Gasteiger partial charge on any atom is 0.239 e. The zero-order chi connectivity index (χ0) is 15.9. The van der Waals surface area contributed by atoms with Crippen LogP contribution in [0.5, 0.6) is 0 Å². The van der Waals surface area contributed by atoms with Crippen LogP contribution in [0, 0.1) is 11.6 Å². The third-order valence-electron chi connectivity index (χ3n) is 3.39. The van der Waals surface area contributed by atoms with Gasteiger partial charge in [0.2, 0.25) is 10.0 Å². The summed E-state index contributed by atoms with van der Waals surface area (Å²) in [6.45, 7) is 0. The first kappa shape index (κ1) is 17.8. The van der Waals surface area contributed by atoms with E-state index in [0.29, 0.717) is 16.8 Å². The van der Waals surface area contributed by atoms with Crippen molar-refractivity contribution in [3.05, 3.63) is 66.2 Å². The molecule has 0 radical (unpaired) electrons. The van der Waals surface area contributed by atoms with Gasteiger partial charge in [-0.3, -0.25) is 0 Å². The van der Waals surface area contributed by atoms with Crippen molar-refractivity contribution in [2.24, 2.45) is 5.14 Å². The minimum Gasteiger partial charge on any atom is -0.225 e. The first-order valence-corrected chi connectivity index (χ1v) is 7.92. The molecule has 116 valence electrons. The van der Waals surface area contributed by atoms with E-state index in [2.05, 4.69) is 0 Å². The molecule has 0 saturated heterocycles. The van der Waals surface area contributed by atoms with Gasteiger partial charge in [-0.05, 0) is 17.5 Å². The molecule has 3 aromatic carbocycles. The number of hydrogen-bond acceptors (Lipinski definition) is 2. The maximum atomic E-state index is 14.0. The van der Waals surface area contributed by atoms with Crippen molar-refractivity contribution in [2.45, 2.75) is 4.90 Å². The fourth-order valence-electron chi connectivity index (χ4n) is 2.47. The van der Waals surface area contributed by atoms with Gasteiger partial charge in [0.15, 0.2) is 0 Å². The smallest absolute Gasteiger partial charge is 0.225 e. The number of primary sulfonamides is 1. The Labute approximate surface area is 147 Å². The molecule has 0 aliphatic heterocycles. The van der Waals surface area contributed by atoms with Gasteiger partial charge in [0.1, 0.15) is 11.6 Å². The Bertz CT molecular complexity index is 991. The van der Waals surface area contributed by atoms with Gasteiger partial charge in [-0.15, -0.1) is 0 Å².